The molecule has 0 aromatic carbocycles. The number of allylic oxidation sites excluding steroid dienone is 1. The number of anilines is 1. The number of hydrogen-bond donors (Lipinski definition) is 1. The standard InChI is InChI=1S/C20H23N5O3S2/c1-2-8-24-18(27)16-17(22-19(30-16)23-9-4-3-5-10-23)25(20(24)28)13-15(26)21-12-14-7-6-11-29-14/h2,6-7,11H,1,3-5,8-10,12-13H2,(H,21,26). The van der Waals surface area contributed by atoms with Gasteiger partial charge in [-0.05, 0) is 30.7 Å². The molecule has 0 saturated carbocycles. The van der Waals surface area contributed by atoms with Gasteiger partial charge in [-0.3, -0.25) is 18.7 Å². The molecule has 158 valence electrons. The van der Waals surface area contributed by atoms with Gasteiger partial charge in [0, 0.05) is 24.5 Å². The molecule has 0 unspecified atom stereocenters. The lowest BCUT2D eigenvalue weighted by Crippen LogP contribution is -2.42. The predicted molar refractivity (Wildman–Crippen MR) is 121 cm³/mol. The van der Waals surface area contributed by atoms with Crippen molar-refractivity contribution < 1.29 is 4.79 Å². The van der Waals surface area contributed by atoms with Gasteiger partial charge in [0.25, 0.3) is 5.56 Å². The first-order chi connectivity index (χ1) is 14.6. The summed E-state index contributed by atoms with van der Waals surface area (Å²) in [4.78, 5) is 46.3. The summed E-state index contributed by atoms with van der Waals surface area (Å²) in [5.41, 5.74) is -0.651. The smallest absolute Gasteiger partial charge is 0.333 e. The lowest BCUT2D eigenvalue weighted by Gasteiger charge is -2.25. The first-order valence-electron chi connectivity index (χ1n) is 9.87. The largest absolute Gasteiger partial charge is 0.350 e. The minimum atomic E-state index is -0.547. The fourth-order valence-corrected chi connectivity index (χ4v) is 5.24. The van der Waals surface area contributed by atoms with Crippen LogP contribution < -0.4 is 21.5 Å². The quantitative estimate of drug-likeness (QED) is 0.563. The van der Waals surface area contributed by atoms with Crippen LogP contribution in [0.2, 0.25) is 0 Å². The summed E-state index contributed by atoms with van der Waals surface area (Å²) >= 11 is 2.84. The SMILES string of the molecule is C=CCn1c(=O)c2sc(N3CCCCC3)nc2n(CC(=O)NCc2cccs2)c1=O. The molecule has 1 aliphatic rings. The molecule has 0 radical (unpaired) electrons. The summed E-state index contributed by atoms with van der Waals surface area (Å²) in [6.07, 6.45) is 4.84. The van der Waals surface area contributed by atoms with Crippen molar-refractivity contribution in [3.63, 3.8) is 0 Å². The Labute approximate surface area is 181 Å². The van der Waals surface area contributed by atoms with E-state index in [0.717, 1.165) is 40.5 Å². The van der Waals surface area contributed by atoms with Crippen molar-refractivity contribution in [2.75, 3.05) is 18.0 Å². The number of rotatable bonds is 7. The summed E-state index contributed by atoms with van der Waals surface area (Å²) in [7, 11) is 0. The van der Waals surface area contributed by atoms with E-state index in [1.807, 2.05) is 17.5 Å². The molecule has 1 amide bonds. The molecule has 4 heterocycles. The molecule has 1 N–H and O–H groups in total. The Bertz CT molecular complexity index is 1170. The van der Waals surface area contributed by atoms with Gasteiger partial charge in [-0.2, -0.15) is 0 Å². The van der Waals surface area contributed by atoms with Gasteiger partial charge in [0.2, 0.25) is 5.91 Å². The molecule has 8 nitrogen and oxygen atoms in total. The monoisotopic (exact) mass is 445 g/mol. The third-order valence-electron chi connectivity index (χ3n) is 5.03. The fraction of sp³-hybridized carbons (Fsp3) is 0.400. The maximum absolute atomic E-state index is 13.0. The Kier molecular flexibility index (Phi) is 6.14. The molecule has 0 aliphatic carbocycles. The van der Waals surface area contributed by atoms with Crippen LogP contribution in [0, 0.1) is 0 Å². The minimum Gasteiger partial charge on any atom is -0.350 e. The maximum atomic E-state index is 13.0. The first kappa shape index (κ1) is 20.5. The van der Waals surface area contributed by atoms with Gasteiger partial charge in [-0.25, -0.2) is 9.78 Å². The van der Waals surface area contributed by atoms with Gasteiger partial charge < -0.3 is 10.2 Å². The lowest BCUT2D eigenvalue weighted by atomic mass is 10.1. The van der Waals surface area contributed by atoms with Gasteiger partial charge in [-0.15, -0.1) is 17.9 Å². The van der Waals surface area contributed by atoms with E-state index < -0.39 is 5.69 Å². The van der Waals surface area contributed by atoms with Crippen molar-refractivity contribution in [3.05, 3.63) is 55.9 Å². The fourth-order valence-electron chi connectivity index (χ4n) is 3.52. The van der Waals surface area contributed by atoms with Crippen LogP contribution in [0.25, 0.3) is 10.3 Å². The zero-order valence-corrected chi connectivity index (χ0v) is 18.1. The van der Waals surface area contributed by atoms with Gasteiger partial charge in [0.1, 0.15) is 11.2 Å². The van der Waals surface area contributed by atoms with Crippen molar-refractivity contribution in [1.29, 1.82) is 0 Å². The van der Waals surface area contributed by atoms with E-state index in [1.54, 1.807) is 11.3 Å². The molecule has 30 heavy (non-hydrogen) atoms. The zero-order chi connectivity index (χ0) is 21.1. The highest BCUT2D eigenvalue weighted by Crippen LogP contribution is 2.28. The van der Waals surface area contributed by atoms with Gasteiger partial charge in [0.05, 0.1) is 6.54 Å². The lowest BCUT2D eigenvalue weighted by molar-refractivity contribution is -0.121. The molecule has 3 aromatic rings. The van der Waals surface area contributed by atoms with E-state index in [9.17, 15) is 14.4 Å². The average Bonchev–Trinajstić information content (AvgIpc) is 3.44. The first-order valence-corrected chi connectivity index (χ1v) is 11.6. The number of nitrogens with one attached hydrogen (secondary N) is 1. The van der Waals surface area contributed by atoms with E-state index in [1.165, 1.54) is 28.4 Å². The molecule has 0 bridgehead atoms. The number of carbonyl (C=O) groups is 1. The topological polar surface area (TPSA) is 89.2 Å². The number of thiophene rings is 1. The summed E-state index contributed by atoms with van der Waals surface area (Å²) < 4.78 is 2.80. The van der Waals surface area contributed by atoms with Crippen molar-refractivity contribution >= 4 is 44.1 Å². The maximum Gasteiger partial charge on any atom is 0.333 e. The van der Waals surface area contributed by atoms with E-state index >= 15 is 0 Å². The van der Waals surface area contributed by atoms with Crippen LogP contribution in [-0.2, 0) is 24.4 Å². The molecule has 3 aromatic heterocycles. The molecule has 4 rings (SSSR count). The third kappa shape index (κ3) is 4.10. The second-order valence-electron chi connectivity index (χ2n) is 7.13. The van der Waals surface area contributed by atoms with E-state index in [-0.39, 0.29) is 30.2 Å². The zero-order valence-electron chi connectivity index (χ0n) is 16.5. The summed E-state index contributed by atoms with van der Waals surface area (Å²) in [6.45, 7) is 5.69. The molecule has 1 saturated heterocycles. The number of nitrogens with zero attached hydrogens (tertiary/aromatic N) is 4. The molecule has 10 heteroatoms. The van der Waals surface area contributed by atoms with Crippen LogP contribution in [0.3, 0.4) is 0 Å². The number of hydrogen-bond acceptors (Lipinski definition) is 7. The summed E-state index contributed by atoms with van der Waals surface area (Å²) in [6, 6.07) is 3.85. The van der Waals surface area contributed by atoms with Crippen molar-refractivity contribution in [2.45, 2.75) is 38.9 Å². The molecule has 1 aliphatic heterocycles. The Morgan fingerprint density at radius 1 is 1.23 bits per heavy atom. The Hall–Kier alpha value is -2.72. The number of piperidine rings is 1. The van der Waals surface area contributed by atoms with Crippen molar-refractivity contribution in [3.8, 4) is 0 Å². The van der Waals surface area contributed by atoms with Crippen LogP contribution in [0.5, 0.6) is 0 Å². The highest BCUT2D eigenvalue weighted by molar-refractivity contribution is 7.22. The van der Waals surface area contributed by atoms with E-state index in [2.05, 4.69) is 21.8 Å². The Morgan fingerprint density at radius 3 is 2.73 bits per heavy atom. The number of amides is 1. The van der Waals surface area contributed by atoms with Crippen molar-refractivity contribution in [2.24, 2.45) is 0 Å². The Morgan fingerprint density at radius 2 is 2.03 bits per heavy atom. The highest BCUT2D eigenvalue weighted by atomic mass is 32.1. The van der Waals surface area contributed by atoms with Crippen LogP contribution in [0.15, 0.2) is 39.8 Å². The van der Waals surface area contributed by atoms with E-state index in [0.29, 0.717) is 11.2 Å². The number of aromatic nitrogens is 3. The number of thiazole rings is 1. The normalized spacial score (nSPS) is 14.2. The van der Waals surface area contributed by atoms with Gasteiger partial charge in [0.15, 0.2) is 10.8 Å². The van der Waals surface area contributed by atoms with Crippen LogP contribution in [-0.4, -0.2) is 33.1 Å². The second-order valence-corrected chi connectivity index (χ2v) is 9.14. The molecular formula is C20H23N5O3S2. The molecule has 0 atom stereocenters. The van der Waals surface area contributed by atoms with E-state index in [4.69, 9.17) is 0 Å². The Balaban J connectivity index is 1.71. The predicted octanol–water partition coefficient (Wildman–Crippen LogP) is 2.17. The third-order valence-corrected chi connectivity index (χ3v) is 7.00. The molecular weight excluding hydrogens is 422 g/mol. The average molecular weight is 446 g/mol. The number of fused-ring (bicyclic) bond motifs is 1. The number of carbonyl (C=O) groups excluding carboxylic acids is 1. The highest BCUT2D eigenvalue weighted by Gasteiger charge is 2.22. The van der Waals surface area contributed by atoms with Crippen LogP contribution in [0.1, 0.15) is 24.1 Å². The molecule has 1 fully saturated rings. The minimum absolute atomic E-state index is 0.0847. The van der Waals surface area contributed by atoms with Crippen molar-refractivity contribution in [1.82, 2.24) is 19.4 Å². The summed E-state index contributed by atoms with van der Waals surface area (Å²) in [5, 5.41) is 5.50. The summed E-state index contributed by atoms with van der Waals surface area (Å²) in [5.74, 6) is -0.303. The molecule has 0 spiro atoms. The van der Waals surface area contributed by atoms with Crippen LogP contribution >= 0.6 is 22.7 Å². The van der Waals surface area contributed by atoms with Gasteiger partial charge in [-0.1, -0.05) is 23.5 Å². The van der Waals surface area contributed by atoms with Gasteiger partial charge >= 0.3 is 5.69 Å². The second kappa shape index (κ2) is 8.97. The van der Waals surface area contributed by atoms with Crippen LogP contribution in [0.4, 0.5) is 5.13 Å².